The molecular formula is C51H54N10O7. The Morgan fingerprint density at radius 3 is 2.18 bits per heavy atom. The van der Waals surface area contributed by atoms with Crippen molar-refractivity contribution in [2.45, 2.75) is 84.4 Å². The number of benzene rings is 2. The number of aliphatic hydroxyl groups is 1. The van der Waals surface area contributed by atoms with Crippen LogP contribution in [0, 0.1) is 10.8 Å². The summed E-state index contributed by atoms with van der Waals surface area (Å²) in [5, 5.41) is 16.3. The van der Waals surface area contributed by atoms with E-state index in [0.717, 1.165) is 81.0 Å². The van der Waals surface area contributed by atoms with Crippen molar-refractivity contribution in [3.63, 3.8) is 0 Å². The third-order valence-corrected chi connectivity index (χ3v) is 15.4. The molecule has 8 heterocycles. The SMILES string of the molecule is Cn1cc(-c2ccnc(N3CCn4c(cc5c4CC(C)(C)C5)C3=O)c2CO)nc(Nc2ccc(N3CCC4(CC3)CCN(c3ccc5c(c3)C(=O)N(C3CCC(=O)NC3=O)C5=O)CC4)cc2)c1=O. The quantitative estimate of drug-likeness (QED) is 0.178. The van der Waals surface area contributed by atoms with Crippen molar-refractivity contribution in [2.24, 2.45) is 17.9 Å². The van der Waals surface area contributed by atoms with Crippen LogP contribution in [0.25, 0.3) is 11.3 Å². The number of hydrogen-bond donors (Lipinski definition) is 3. The normalized spacial score (nSPS) is 20.8. The van der Waals surface area contributed by atoms with Crippen molar-refractivity contribution in [1.29, 1.82) is 0 Å². The fourth-order valence-corrected chi connectivity index (χ4v) is 11.6. The molecule has 5 amide bonds. The Bertz CT molecular complexity index is 3010. The summed E-state index contributed by atoms with van der Waals surface area (Å²) in [7, 11) is 1.66. The summed E-state index contributed by atoms with van der Waals surface area (Å²) in [5.74, 6) is -1.65. The van der Waals surface area contributed by atoms with Crippen LogP contribution in [0.3, 0.4) is 0 Å². The summed E-state index contributed by atoms with van der Waals surface area (Å²) in [6, 6.07) is 16.1. The first-order valence-electron chi connectivity index (χ1n) is 23.6. The number of carbonyl (C=O) groups is 5. The number of imide groups is 2. The monoisotopic (exact) mass is 918 g/mol. The van der Waals surface area contributed by atoms with E-state index >= 15 is 0 Å². The van der Waals surface area contributed by atoms with Gasteiger partial charge in [0.25, 0.3) is 23.3 Å². The van der Waals surface area contributed by atoms with Gasteiger partial charge in [-0.2, -0.15) is 0 Å². The minimum Gasteiger partial charge on any atom is -0.392 e. The van der Waals surface area contributed by atoms with Gasteiger partial charge in [0.2, 0.25) is 11.8 Å². The highest BCUT2D eigenvalue weighted by Gasteiger charge is 2.45. The van der Waals surface area contributed by atoms with Crippen molar-refractivity contribution in [3.8, 4) is 11.3 Å². The topological polar surface area (TPSA) is 195 Å². The van der Waals surface area contributed by atoms with E-state index in [1.165, 1.54) is 15.8 Å². The van der Waals surface area contributed by atoms with Gasteiger partial charge in [0, 0.05) is 99.0 Å². The Balaban J connectivity index is 0.727. The van der Waals surface area contributed by atoms with Crippen LogP contribution in [0.1, 0.15) is 100 Å². The number of carbonyl (C=O) groups excluding carboxylic acids is 5. The molecule has 3 aromatic heterocycles. The molecule has 6 aliphatic rings. The third kappa shape index (κ3) is 7.34. The maximum atomic E-state index is 14.0. The summed E-state index contributed by atoms with van der Waals surface area (Å²) in [6.45, 7) is 8.64. The molecule has 17 nitrogen and oxygen atoms in total. The Morgan fingerprint density at radius 1 is 0.779 bits per heavy atom. The highest BCUT2D eigenvalue weighted by Crippen LogP contribution is 2.44. The van der Waals surface area contributed by atoms with Gasteiger partial charge in [0.15, 0.2) is 5.82 Å². The van der Waals surface area contributed by atoms with E-state index in [-0.39, 0.29) is 53.1 Å². The molecule has 0 saturated carbocycles. The largest absolute Gasteiger partial charge is 0.392 e. The first-order valence-corrected chi connectivity index (χ1v) is 23.6. The fraction of sp³-hybridized carbons (Fsp3) is 0.412. The second-order valence-corrected chi connectivity index (χ2v) is 20.2. The van der Waals surface area contributed by atoms with Crippen LogP contribution >= 0.6 is 0 Å². The average Bonchev–Trinajstić information content (AvgIpc) is 3.92. The number of rotatable bonds is 8. The molecule has 1 spiro atoms. The van der Waals surface area contributed by atoms with Gasteiger partial charge in [-0.25, -0.2) is 9.97 Å². The molecule has 1 aliphatic carbocycles. The van der Waals surface area contributed by atoms with Crippen molar-refractivity contribution in [3.05, 3.63) is 111 Å². The predicted octanol–water partition coefficient (Wildman–Crippen LogP) is 4.95. The van der Waals surface area contributed by atoms with E-state index in [0.29, 0.717) is 52.7 Å². The zero-order valence-electron chi connectivity index (χ0n) is 38.5. The second kappa shape index (κ2) is 16.3. The van der Waals surface area contributed by atoms with Gasteiger partial charge in [0.1, 0.15) is 17.6 Å². The molecule has 3 saturated heterocycles. The molecule has 3 N–H and O–H groups in total. The summed E-state index contributed by atoms with van der Waals surface area (Å²) < 4.78 is 3.61. The van der Waals surface area contributed by atoms with E-state index < -0.39 is 29.7 Å². The summed E-state index contributed by atoms with van der Waals surface area (Å²) in [4.78, 5) is 95.0. The van der Waals surface area contributed by atoms with Gasteiger partial charge < -0.3 is 29.4 Å². The lowest BCUT2D eigenvalue weighted by atomic mass is 9.71. The number of aliphatic hydroxyl groups excluding tert-OH is 1. The third-order valence-electron chi connectivity index (χ3n) is 15.4. The van der Waals surface area contributed by atoms with Gasteiger partial charge in [-0.15, -0.1) is 0 Å². The molecule has 17 heteroatoms. The molecule has 0 bridgehead atoms. The Hall–Kier alpha value is -7.14. The minimum absolute atomic E-state index is 0.0797. The van der Waals surface area contributed by atoms with E-state index in [4.69, 9.17) is 4.98 Å². The number of piperidine rings is 3. The van der Waals surface area contributed by atoms with Crippen molar-refractivity contribution in [1.82, 2.24) is 29.3 Å². The van der Waals surface area contributed by atoms with Gasteiger partial charge >= 0.3 is 0 Å². The van der Waals surface area contributed by atoms with E-state index in [1.54, 1.807) is 42.5 Å². The van der Waals surface area contributed by atoms with Crippen molar-refractivity contribution in [2.75, 3.05) is 52.7 Å². The van der Waals surface area contributed by atoms with Crippen LogP contribution < -0.4 is 30.9 Å². The number of aryl methyl sites for hydroxylation is 1. The smallest absolute Gasteiger partial charge is 0.293 e. The number of hydrogen-bond acceptors (Lipinski definition) is 12. The van der Waals surface area contributed by atoms with Crippen molar-refractivity contribution < 1.29 is 29.1 Å². The maximum absolute atomic E-state index is 14.0. The molecule has 68 heavy (non-hydrogen) atoms. The highest BCUT2D eigenvalue weighted by atomic mass is 16.3. The standard InChI is InChI=1S/C51H54N10O7/c1-50(2)26-30-24-40-48(67)60(23-22-59(40)41(30)27-50)44-37(29-62)34(12-17-52-44)38-28-56(3)49(68)43(54-38)53-31-4-6-32(7-5-31)57-18-13-51(14-19-57)15-20-58(21-16-51)33-8-9-35-36(25-33)47(66)61(46(35)65)39-10-11-42(63)55-45(39)64/h4-9,12,17,24-25,28,39,62H,10-11,13-16,18-23,26-27,29H2,1-3H3,(H,53,54)(H,55,63,64). The fourth-order valence-electron chi connectivity index (χ4n) is 11.6. The summed E-state index contributed by atoms with van der Waals surface area (Å²) >= 11 is 0. The molecule has 5 aromatic rings. The maximum Gasteiger partial charge on any atom is 0.293 e. The summed E-state index contributed by atoms with van der Waals surface area (Å²) in [5.41, 5.74) is 7.92. The lowest BCUT2D eigenvalue weighted by Gasteiger charge is -2.48. The van der Waals surface area contributed by atoms with Gasteiger partial charge in [-0.1, -0.05) is 13.8 Å². The van der Waals surface area contributed by atoms with Gasteiger partial charge in [-0.05, 0) is 116 Å². The lowest BCUT2D eigenvalue weighted by molar-refractivity contribution is -0.136. The number of fused-ring (bicyclic) bond motifs is 4. The molecule has 3 fully saturated rings. The van der Waals surface area contributed by atoms with Gasteiger partial charge in [0.05, 0.1) is 23.4 Å². The van der Waals surface area contributed by atoms with Crippen LogP contribution in [0.4, 0.5) is 28.7 Å². The molecule has 2 aromatic carbocycles. The first-order chi connectivity index (χ1) is 32.7. The van der Waals surface area contributed by atoms with Crippen LogP contribution in [0.2, 0.25) is 0 Å². The molecule has 1 unspecified atom stereocenters. The van der Waals surface area contributed by atoms with Crippen LogP contribution in [0.15, 0.2) is 71.8 Å². The second-order valence-electron chi connectivity index (χ2n) is 20.2. The number of amides is 5. The molecule has 11 rings (SSSR count). The average molecular weight is 919 g/mol. The van der Waals surface area contributed by atoms with Gasteiger partial charge in [-0.3, -0.25) is 43.9 Å². The lowest BCUT2D eigenvalue weighted by Crippen LogP contribution is -2.54. The Morgan fingerprint density at radius 2 is 1.47 bits per heavy atom. The Kier molecular flexibility index (Phi) is 10.4. The molecule has 5 aliphatic heterocycles. The predicted molar refractivity (Wildman–Crippen MR) is 254 cm³/mol. The summed E-state index contributed by atoms with van der Waals surface area (Å²) in [6.07, 6.45) is 9.40. The molecular weight excluding hydrogens is 865 g/mol. The first kappa shape index (κ1) is 43.4. The number of aromatic nitrogens is 4. The zero-order valence-corrected chi connectivity index (χ0v) is 38.5. The van der Waals surface area contributed by atoms with E-state index in [9.17, 15) is 33.9 Å². The van der Waals surface area contributed by atoms with Crippen LogP contribution in [0.5, 0.6) is 0 Å². The molecule has 0 radical (unpaired) electrons. The molecule has 350 valence electrons. The molecule has 1 atom stereocenters. The highest BCUT2D eigenvalue weighted by molar-refractivity contribution is 6.23. The number of anilines is 5. The van der Waals surface area contributed by atoms with Crippen LogP contribution in [-0.4, -0.2) is 97.4 Å². The minimum atomic E-state index is -0.990. The zero-order chi connectivity index (χ0) is 47.2. The number of nitrogens with zero attached hydrogens (tertiary/aromatic N) is 8. The Labute approximate surface area is 392 Å². The van der Waals surface area contributed by atoms with E-state index in [1.807, 2.05) is 24.3 Å². The van der Waals surface area contributed by atoms with E-state index in [2.05, 4.69) is 56.0 Å². The number of nitrogens with one attached hydrogen (secondary N) is 2. The number of pyridine rings is 1. The van der Waals surface area contributed by atoms with Crippen LogP contribution in [-0.2, 0) is 42.6 Å². The van der Waals surface area contributed by atoms with Crippen molar-refractivity contribution >= 4 is 58.2 Å².